The van der Waals surface area contributed by atoms with E-state index in [-0.39, 0.29) is 12.1 Å². The van der Waals surface area contributed by atoms with Crippen LogP contribution in [0, 0.1) is 0 Å². The molecule has 1 aliphatic rings. The fraction of sp³-hybridized carbons (Fsp3) is 0.412. The maximum atomic E-state index is 12.1. The Morgan fingerprint density at radius 1 is 1.33 bits per heavy atom. The number of carbonyl (C=O) groups is 1. The van der Waals surface area contributed by atoms with Gasteiger partial charge in [-0.25, -0.2) is 9.78 Å². The molecule has 2 aromatic rings. The zero-order chi connectivity index (χ0) is 16.9. The molecule has 24 heavy (non-hydrogen) atoms. The number of ether oxygens (including phenoxy) is 2. The lowest BCUT2D eigenvalue weighted by atomic mass is 10.2. The highest BCUT2D eigenvalue weighted by atomic mass is 32.1. The van der Waals surface area contributed by atoms with Gasteiger partial charge >= 0.3 is 6.03 Å². The topological polar surface area (TPSA) is 72.5 Å². The van der Waals surface area contributed by atoms with Crippen molar-refractivity contribution < 1.29 is 14.3 Å². The lowest BCUT2D eigenvalue weighted by Gasteiger charge is -2.19. The van der Waals surface area contributed by atoms with Gasteiger partial charge in [0.25, 0.3) is 0 Å². The molecule has 0 aliphatic carbocycles. The Bertz CT molecular complexity index is 717. The second-order valence-corrected chi connectivity index (χ2v) is 6.49. The molecule has 1 atom stereocenters. The van der Waals surface area contributed by atoms with Crippen LogP contribution in [0.25, 0.3) is 0 Å². The predicted octanol–water partition coefficient (Wildman–Crippen LogP) is 3.04. The Labute approximate surface area is 145 Å². The second-order valence-electron chi connectivity index (χ2n) is 5.55. The molecule has 6 nitrogen and oxygen atoms in total. The van der Waals surface area contributed by atoms with E-state index in [4.69, 9.17) is 9.47 Å². The van der Waals surface area contributed by atoms with E-state index in [2.05, 4.69) is 22.5 Å². The van der Waals surface area contributed by atoms with E-state index in [1.807, 2.05) is 30.5 Å². The number of rotatable bonds is 5. The minimum atomic E-state index is -0.219. The number of carbonyl (C=O) groups excluding carboxylic acids is 1. The fourth-order valence-electron chi connectivity index (χ4n) is 2.39. The maximum Gasteiger partial charge on any atom is 0.315 e. The summed E-state index contributed by atoms with van der Waals surface area (Å²) in [6, 6.07) is 5.34. The number of hydrogen-bond donors (Lipinski definition) is 2. The number of benzene rings is 1. The highest BCUT2D eigenvalue weighted by Gasteiger charge is 2.14. The lowest BCUT2D eigenvalue weighted by Crippen LogP contribution is -2.36. The van der Waals surface area contributed by atoms with Gasteiger partial charge in [-0.3, -0.25) is 0 Å². The third-order valence-electron chi connectivity index (χ3n) is 3.72. The van der Waals surface area contributed by atoms with Crippen molar-refractivity contribution in [3.8, 4) is 11.5 Å². The average molecular weight is 347 g/mol. The van der Waals surface area contributed by atoms with Crippen LogP contribution in [-0.4, -0.2) is 24.2 Å². The van der Waals surface area contributed by atoms with E-state index in [9.17, 15) is 4.79 Å². The Hall–Kier alpha value is -2.28. The number of hydrogen-bond acceptors (Lipinski definition) is 5. The van der Waals surface area contributed by atoms with Gasteiger partial charge in [0, 0.05) is 11.9 Å². The van der Waals surface area contributed by atoms with Crippen LogP contribution >= 0.6 is 11.3 Å². The van der Waals surface area contributed by atoms with Crippen LogP contribution in [0.2, 0.25) is 0 Å². The molecule has 1 aromatic carbocycles. The summed E-state index contributed by atoms with van der Waals surface area (Å²) < 4.78 is 11.0. The monoisotopic (exact) mass is 347 g/mol. The summed E-state index contributed by atoms with van der Waals surface area (Å²) in [5.41, 5.74) is 1.86. The van der Waals surface area contributed by atoms with Crippen molar-refractivity contribution >= 4 is 17.4 Å². The minimum Gasteiger partial charge on any atom is -0.486 e. The third kappa shape index (κ3) is 3.97. The van der Waals surface area contributed by atoms with Crippen molar-refractivity contribution in [2.24, 2.45) is 0 Å². The number of urea groups is 1. The molecule has 0 saturated carbocycles. The first-order chi connectivity index (χ1) is 11.7. The summed E-state index contributed by atoms with van der Waals surface area (Å²) in [5, 5.41) is 8.83. The molecule has 1 unspecified atom stereocenters. The molecule has 0 fully saturated rings. The number of aromatic nitrogens is 1. The summed E-state index contributed by atoms with van der Waals surface area (Å²) >= 11 is 1.62. The standard InChI is InChI=1S/C17H21N3O3S/c1-3-16-20-13(10-24-16)11(2)19-17(21)18-9-12-4-5-14-15(8-12)23-7-6-22-14/h4-5,8,10-11H,3,6-7,9H2,1-2H3,(H2,18,19,21). The highest BCUT2D eigenvalue weighted by molar-refractivity contribution is 7.09. The third-order valence-corrected chi connectivity index (χ3v) is 4.73. The van der Waals surface area contributed by atoms with Crippen molar-refractivity contribution in [1.82, 2.24) is 15.6 Å². The highest BCUT2D eigenvalue weighted by Crippen LogP contribution is 2.30. The van der Waals surface area contributed by atoms with E-state index < -0.39 is 0 Å². The van der Waals surface area contributed by atoms with Crippen LogP contribution in [0.5, 0.6) is 11.5 Å². The van der Waals surface area contributed by atoms with E-state index in [1.54, 1.807) is 11.3 Å². The predicted molar refractivity (Wildman–Crippen MR) is 92.7 cm³/mol. The molecule has 0 spiro atoms. The summed E-state index contributed by atoms with van der Waals surface area (Å²) in [6.07, 6.45) is 0.910. The first-order valence-corrected chi connectivity index (χ1v) is 8.91. The zero-order valence-corrected chi connectivity index (χ0v) is 14.6. The van der Waals surface area contributed by atoms with Gasteiger partial charge in [-0.15, -0.1) is 11.3 Å². The van der Waals surface area contributed by atoms with E-state index in [1.165, 1.54) is 0 Å². The Morgan fingerprint density at radius 2 is 2.12 bits per heavy atom. The van der Waals surface area contributed by atoms with Gasteiger partial charge in [-0.1, -0.05) is 13.0 Å². The molecular weight excluding hydrogens is 326 g/mol. The minimum absolute atomic E-state index is 0.123. The first-order valence-electron chi connectivity index (χ1n) is 8.03. The molecule has 1 aliphatic heterocycles. The lowest BCUT2D eigenvalue weighted by molar-refractivity contribution is 0.171. The molecule has 2 heterocycles. The molecule has 0 saturated heterocycles. The van der Waals surface area contributed by atoms with Crippen LogP contribution in [0.4, 0.5) is 4.79 Å². The molecular formula is C17H21N3O3S. The average Bonchev–Trinajstić information content (AvgIpc) is 3.09. The summed E-state index contributed by atoms with van der Waals surface area (Å²) in [6.45, 7) is 5.54. The van der Waals surface area contributed by atoms with Crippen molar-refractivity contribution in [1.29, 1.82) is 0 Å². The van der Waals surface area contributed by atoms with Crippen LogP contribution in [0.1, 0.15) is 36.2 Å². The number of fused-ring (bicyclic) bond motifs is 1. The Morgan fingerprint density at radius 3 is 2.88 bits per heavy atom. The van der Waals surface area contributed by atoms with Crippen molar-refractivity contribution in [3.63, 3.8) is 0 Å². The van der Waals surface area contributed by atoms with Crippen LogP contribution in [0.3, 0.4) is 0 Å². The maximum absolute atomic E-state index is 12.1. The van der Waals surface area contributed by atoms with Gasteiger partial charge in [-0.05, 0) is 31.0 Å². The van der Waals surface area contributed by atoms with Crippen molar-refractivity contribution in [2.45, 2.75) is 32.9 Å². The smallest absolute Gasteiger partial charge is 0.315 e. The number of nitrogens with zero attached hydrogens (tertiary/aromatic N) is 1. The number of nitrogens with one attached hydrogen (secondary N) is 2. The van der Waals surface area contributed by atoms with Gasteiger partial charge < -0.3 is 20.1 Å². The van der Waals surface area contributed by atoms with Crippen LogP contribution in [-0.2, 0) is 13.0 Å². The number of amides is 2. The van der Waals surface area contributed by atoms with Gasteiger partial charge in [0.05, 0.1) is 16.7 Å². The Balaban J connectivity index is 1.51. The summed E-state index contributed by atoms with van der Waals surface area (Å²) in [4.78, 5) is 16.6. The van der Waals surface area contributed by atoms with Gasteiger partial charge in [0.2, 0.25) is 0 Å². The van der Waals surface area contributed by atoms with Gasteiger partial charge in [-0.2, -0.15) is 0 Å². The van der Waals surface area contributed by atoms with E-state index >= 15 is 0 Å². The first kappa shape index (κ1) is 16.6. The number of thiazole rings is 1. The molecule has 7 heteroatoms. The van der Waals surface area contributed by atoms with Crippen molar-refractivity contribution in [3.05, 3.63) is 39.8 Å². The Kier molecular flexibility index (Phi) is 5.20. The van der Waals surface area contributed by atoms with E-state index in [0.29, 0.717) is 19.8 Å². The van der Waals surface area contributed by atoms with Gasteiger partial charge in [0.1, 0.15) is 13.2 Å². The molecule has 1 aromatic heterocycles. The summed E-state index contributed by atoms with van der Waals surface area (Å²) in [7, 11) is 0. The molecule has 2 amide bonds. The molecule has 3 rings (SSSR count). The van der Waals surface area contributed by atoms with Crippen LogP contribution < -0.4 is 20.1 Å². The number of aryl methyl sites for hydroxylation is 1. The largest absolute Gasteiger partial charge is 0.486 e. The molecule has 0 bridgehead atoms. The zero-order valence-electron chi connectivity index (χ0n) is 13.8. The van der Waals surface area contributed by atoms with Gasteiger partial charge in [0.15, 0.2) is 11.5 Å². The SMILES string of the molecule is CCc1nc(C(C)NC(=O)NCc2ccc3c(c2)OCCO3)cs1. The quantitative estimate of drug-likeness (QED) is 0.872. The molecule has 128 valence electrons. The van der Waals surface area contributed by atoms with Crippen LogP contribution in [0.15, 0.2) is 23.6 Å². The van der Waals surface area contributed by atoms with E-state index in [0.717, 1.165) is 34.2 Å². The second kappa shape index (κ2) is 7.53. The fourth-order valence-corrected chi connectivity index (χ4v) is 3.23. The molecule has 0 radical (unpaired) electrons. The van der Waals surface area contributed by atoms with Crippen molar-refractivity contribution in [2.75, 3.05) is 13.2 Å². The summed E-state index contributed by atoms with van der Waals surface area (Å²) in [5.74, 6) is 1.47. The normalized spacial score (nSPS) is 14.1. The molecule has 2 N–H and O–H groups in total.